The maximum absolute atomic E-state index is 11.9. The van der Waals surface area contributed by atoms with Crippen molar-refractivity contribution in [3.8, 4) is 28.6 Å². The van der Waals surface area contributed by atoms with E-state index in [9.17, 15) is 4.79 Å². The molecule has 6 nitrogen and oxygen atoms in total. The molecule has 6 heteroatoms. The highest BCUT2D eigenvalue weighted by molar-refractivity contribution is 5.70. The lowest BCUT2D eigenvalue weighted by molar-refractivity contribution is -0.155. The predicted molar refractivity (Wildman–Crippen MR) is 152 cm³/mol. The quantitative estimate of drug-likeness (QED) is 0.142. The minimum atomic E-state index is -0.474. The van der Waals surface area contributed by atoms with Gasteiger partial charge in [-0.15, -0.1) is 0 Å². The summed E-state index contributed by atoms with van der Waals surface area (Å²) >= 11 is 0. The van der Waals surface area contributed by atoms with E-state index in [4.69, 9.17) is 18.9 Å². The number of carbonyl (C=O) groups excluding carboxylic acids is 1. The van der Waals surface area contributed by atoms with Gasteiger partial charge in [-0.25, -0.2) is 0 Å². The fourth-order valence-corrected chi connectivity index (χ4v) is 3.82. The van der Waals surface area contributed by atoms with Crippen molar-refractivity contribution >= 4 is 5.97 Å². The van der Waals surface area contributed by atoms with Gasteiger partial charge in [-0.1, -0.05) is 72.8 Å². The van der Waals surface area contributed by atoms with Gasteiger partial charge in [0.2, 0.25) is 11.8 Å². The highest BCUT2D eigenvalue weighted by Gasteiger charge is 2.16. The van der Waals surface area contributed by atoms with Gasteiger partial charge in [-0.3, -0.25) is 4.79 Å². The first-order chi connectivity index (χ1) is 18.9. The zero-order valence-electron chi connectivity index (χ0n) is 22.8. The predicted octanol–water partition coefficient (Wildman–Crippen LogP) is 7.41. The van der Waals surface area contributed by atoms with Gasteiger partial charge in [0.25, 0.3) is 0 Å². The standard InChI is InChI=1S/C33H35NO5/c1-33(2,3)39-31(35)15-10-22-36-28-18-16-27(17-19-28)29-20-21-30(37-23-25-11-6-4-7-12-25)34-32(29)38-24-26-13-8-5-9-14-26/h4-9,11-14,16-21H,10,15,22-24H2,1-3H3. The lowest BCUT2D eigenvalue weighted by atomic mass is 10.1. The number of pyridine rings is 1. The molecule has 0 saturated heterocycles. The van der Waals surface area contributed by atoms with Gasteiger partial charge in [-0.05, 0) is 62.1 Å². The van der Waals surface area contributed by atoms with Gasteiger partial charge in [0.1, 0.15) is 24.6 Å². The van der Waals surface area contributed by atoms with Crippen molar-refractivity contribution in [3.63, 3.8) is 0 Å². The van der Waals surface area contributed by atoms with Crippen LogP contribution in [-0.4, -0.2) is 23.2 Å². The monoisotopic (exact) mass is 525 g/mol. The molecule has 1 aromatic heterocycles. The summed E-state index contributed by atoms with van der Waals surface area (Å²) in [6.45, 7) is 6.83. The van der Waals surface area contributed by atoms with Crippen LogP contribution in [0.25, 0.3) is 11.1 Å². The molecule has 0 aliphatic heterocycles. The maximum Gasteiger partial charge on any atom is 0.306 e. The number of hydrogen-bond acceptors (Lipinski definition) is 6. The average Bonchev–Trinajstić information content (AvgIpc) is 2.94. The average molecular weight is 526 g/mol. The van der Waals surface area contributed by atoms with Gasteiger partial charge in [0, 0.05) is 18.1 Å². The molecule has 0 radical (unpaired) electrons. The largest absolute Gasteiger partial charge is 0.494 e. The van der Waals surface area contributed by atoms with Crippen molar-refractivity contribution in [2.24, 2.45) is 0 Å². The fourth-order valence-electron chi connectivity index (χ4n) is 3.82. The van der Waals surface area contributed by atoms with Crippen LogP contribution in [-0.2, 0) is 22.7 Å². The van der Waals surface area contributed by atoms with E-state index in [1.165, 1.54) is 0 Å². The lowest BCUT2D eigenvalue weighted by Gasteiger charge is -2.19. The van der Waals surface area contributed by atoms with Crippen molar-refractivity contribution in [1.82, 2.24) is 4.98 Å². The summed E-state index contributed by atoms with van der Waals surface area (Å²) in [6.07, 6.45) is 0.907. The summed E-state index contributed by atoms with van der Waals surface area (Å²) < 4.78 is 23.3. The number of rotatable bonds is 12. The van der Waals surface area contributed by atoms with Crippen LogP contribution in [0.4, 0.5) is 0 Å². The van der Waals surface area contributed by atoms with Crippen molar-refractivity contribution < 1.29 is 23.7 Å². The molecule has 1 heterocycles. The SMILES string of the molecule is CC(C)(C)OC(=O)CCCOc1ccc(-c2ccc(OCc3ccccc3)nc2OCc2ccccc2)cc1. The summed E-state index contributed by atoms with van der Waals surface area (Å²) in [5, 5.41) is 0. The molecule has 0 amide bonds. The molecule has 4 aromatic rings. The Hall–Kier alpha value is -4.32. The summed E-state index contributed by atoms with van der Waals surface area (Å²) in [5.41, 5.74) is 3.45. The lowest BCUT2D eigenvalue weighted by Crippen LogP contribution is -2.23. The number of carbonyl (C=O) groups is 1. The smallest absolute Gasteiger partial charge is 0.306 e. The molecule has 0 unspecified atom stereocenters. The van der Waals surface area contributed by atoms with E-state index < -0.39 is 5.60 Å². The third-order valence-electron chi connectivity index (χ3n) is 5.66. The molecule has 0 aliphatic rings. The first-order valence-corrected chi connectivity index (χ1v) is 13.2. The van der Waals surface area contributed by atoms with Gasteiger partial charge in [-0.2, -0.15) is 4.98 Å². The van der Waals surface area contributed by atoms with E-state index in [-0.39, 0.29) is 5.97 Å². The first-order valence-electron chi connectivity index (χ1n) is 13.2. The molecule has 39 heavy (non-hydrogen) atoms. The van der Waals surface area contributed by atoms with Crippen LogP contribution in [0.3, 0.4) is 0 Å². The molecule has 0 aliphatic carbocycles. The third-order valence-corrected chi connectivity index (χ3v) is 5.66. The van der Waals surface area contributed by atoms with Crippen LogP contribution in [0.1, 0.15) is 44.7 Å². The Morgan fingerprint density at radius 2 is 1.33 bits per heavy atom. The molecule has 4 rings (SSSR count). The van der Waals surface area contributed by atoms with Crippen LogP contribution in [0.2, 0.25) is 0 Å². The minimum absolute atomic E-state index is 0.215. The molecule has 3 aromatic carbocycles. The summed E-state index contributed by atoms with van der Waals surface area (Å²) in [4.78, 5) is 16.6. The van der Waals surface area contributed by atoms with E-state index >= 15 is 0 Å². The highest BCUT2D eigenvalue weighted by Crippen LogP contribution is 2.32. The number of esters is 1. The Labute approximate surface area is 230 Å². The van der Waals surface area contributed by atoms with Crippen molar-refractivity contribution in [2.45, 2.75) is 52.4 Å². The summed E-state index contributed by atoms with van der Waals surface area (Å²) in [6, 6.07) is 31.5. The van der Waals surface area contributed by atoms with Gasteiger partial charge >= 0.3 is 5.97 Å². The minimum Gasteiger partial charge on any atom is -0.494 e. The van der Waals surface area contributed by atoms with Crippen LogP contribution < -0.4 is 14.2 Å². The van der Waals surface area contributed by atoms with Crippen LogP contribution in [0.5, 0.6) is 17.5 Å². The number of benzene rings is 3. The van der Waals surface area contributed by atoms with Crippen LogP contribution >= 0.6 is 0 Å². The molecule has 0 atom stereocenters. The van der Waals surface area contributed by atoms with Gasteiger partial charge in [0.05, 0.1) is 6.61 Å². The second kappa shape index (κ2) is 13.5. The fraction of sp³-hybridized carbons (Fsp3) is 0.273. The molecule has 0 bridgehead atoms. The second-order valence-corrected chi connectivity index (χ2v) is 10.1. The van der Waals surface area contributed by atoms with Crippen molar-refractivity contribution in [2.75, 3.05) is 6.61 Å². The van der Waals surface area contributed by atoms with Gasteiger partial charge in [0.15, 0.2) is 0 Å². The highest BCUT2D eigenvalue weighted by atomic mass is 16.6. The van der Waals surface area contributed by atoms with E-state index in [1.807, 2.05) is 118 Å². The summed E-state index contributed by atoms with van der Waals surface area (Å²) in [5.74, 6) is 1.50. The Morgan fingerprint density at radius 1 is 0.718 bits per heavy atom. The van der Waals surface area contributed by atoms with Crippen LogP contribution in [0, 0.1) is 0 Å². The molecule has 0 N–H and O–H groups in total. The van der Waals surface area contributed by atoms with Gasteiger partial charge < -0.3 is 18.9 Å². The zero-order chi connectivity index (χ0) is 27.5. The van der Waals surface area contributed by atoms with E-state index in [0.29, 0.717) is 44.4 Å². The Kier molecular flexibility index (Phi) is 9.57. The zero-order valence-corrected chi connectivity index (χ0v) is 22.8. The number of hydrogen-bond donors (Lipinski definition) is 0. The molecular formula is C33H35NO5. The maximum atomic E-state index is 11.9. The van der Waals surface area contributed by atoms with E-state index in [2.05, 4.69) is 4.98 Å². The van der Waals surface area contributed by atoms with E-state index in [0.717, 1.165) is 28.0 Å². The number of nitrogens with zero attached hydrogens (tertiary/aromatic N) is 1. The molecule has 202 valence electrons. The van der Waals surface area contributed by atoms with Crippen molar-refractivity contribution in [1.29, 1.82) is 0 Å². The molecule has 0 spiro atoms. The van der Waals surface area contributed by atoms with Crippen molar-refractivity contribution in [3.05, 3.63) is 108 Å². The Bertz CT molecular complexity index is 1320. The van der Waals surface area contributed by atoms with Crippen LogP contribution in [0.15, 0.2) is 97.1 Å². The summed E-state index contributed by atoms with van der Waals surface area (Å²) in [7, 11) is 0. The first kappa shape index (κ1) is 27.7. The number of aromatic nitrogens is 1. The van der Waals surface area contributed by atoms with E-state index in [1.54, 1.807) is 0 Å². The normalized spacial score (nSPS) is 11.1. The molecule has 0 saturated carbocycles. The molecular weight excluding hydrogens is 490 g/mol. The third kappa shape index (κ3) is 9.18. The second-order valence-electron chi connectivity index (χ2n) is 10.1. The Morgan fingerprint density at radius 3 is 1.95 bits per heavy atom. The molecule has 0 fully saturated rings. The Balaban J connectivity index is 1.41. The topological polar surface area (TPSA) is 66.9 Å². The number of ether oxygens (including phenoxy) is 4.